The minimum absolute atomic E-state index is 0.101. The lowest BCUT2D eigenvalue weighted by Gasteiger charge is -2.05. The molecule has 0 atom stereocenters. The van der Waals surface area contributed by atoms with Gasteiger partial charge in [0, 0.05) is 12.1 Å². The van der Waals surface area contributed by atoms with E-state index in [-0.39, 0.29) is 11.3 Å². The SMILES string of the molecule is CCCOc1ccc([N+](=O)[O-])cc1C#N. The number of nitriles is 1. The molecule has 1 rings (SSSR count). The summed E-state index contributed by atoms with van der Waals surface area (Å²) in [4.78, 5) is 9.91. The maximum absolute atomic E-state index is 10.4. The van der Waals surface area contributed by atoms with Crippen LogP contribution in [0.15, 0.2) is 18.2 Å². The molecule has 0 aliphatic rings. The molecule has 15 heavy (non-hydrogen) atoms. The largest absolute Gasteiger partial charge is 0.492 e. The molecular weight excluding hydrogens is 196 g/mol. The average molecular weight is 206 g/mol. The Hall–Kier alpha value is -2.09. The fraction of sp³-hybridized carbons (Fsp3) is 0.300. The molecule has 0 aliphatic carbocycles. The molecule has 0 heterocycles. The van der Waals surface area contributed by atoms with Crippen molar-refractivity contribution < 1.29 is 9.66 Å². The Balaban J connectivity index is 3.00. The zero-order chi connectivity index (χ0) is 11.3. The highest BCUT2D eigenvalue weighted by Crippen LogP contribution is 2.23. The molecule has 0 aliphatic heterocycles. The van der Waals surface area contributed by atoms with E-state index in [1.54, 1.807) is 0 Å². The lowest BCUT2D eigenvalue weighted by Crippen LogP contribution is -1.98. The topological polar surface area (TPSA) is 76.2 Å². The minimum Gasteiger partial charge on any atom is -0.492 e. The van der Waals surface area contributed by atoms with Gasteiger partial charge < -0.3 is 4.74 Å². The van der Waals surface area contributed by atoms with Crippen molar-refractivity contribution in [3.63, 3.8) is 0 Å². The van der Waals surface area contributed by atoms with Crippen molar-refractivity contribution in [3.05, 3.63) is 33.9 Å². The monoisotopic (exact) mass is 206 g/mol. The maximum Gasteiger partial charge on any atom is 0.271 e. The third-order valence-corrected chi connectivity index (χ3v) is 1.76. The van der Waals surface area contributed by atoms with Crippen LogP contribution in [0.25, 0.3) is 0 Å². The third-order valence-electron chi connectivity index (χ3n) is 1.76. The molecule has 0 aromatic heterocycles. The van der Waals surface area contributed by atoms with Gasteiger partial charge in [-0.3, -0.25) is 10.1 Å². The van der Waals surface area contributed by atoms with E-state index in [4.69, 9.17) is 10.00 Å². The Bertz CT molecular complexity index is 410. The second kappa shape index (κ2) is 4.96. The standard InChI is InChI=1S/C10H10N2O3/c1-2-5-15-10-4-3-9(12(13)14)6-8(10)7-11/h3-4,6H,2,5H2,1H3. The van der Waals surface area contributed by atoms with Gasteiger partial charge >= 0.3 is 0 Å². The van der Waals surface area contributed by atoms with Gasteiger partial charge in [-0.2, -0.15) is 5.26 Å². The Morgan fingerprint density at radius 2 is 2.33 bits per heavy atom. The van der Waals surface area contributed by atoms with Gasteiger partial charge in [-0.05, 0) is 12.5 Å². The highest BCUT2D eigenvalue weighted by atomic mass is 16.6. The van der Waals surface area contributed by atoms with Crippen molar-refractivity contribution in [1.82, 2.24) is 0 Å². The van der Waals surface area contributed by atoms with E-state index >= 15 is 0 Å². The summed E-state index contributed by atoms with van der Waals surface area (Å²) in [6, 6.07) is 5.86. The van der Waals surface area contributed by atoms with E-state index in [2.05, 4.69) is 0 Å². The molecule has 0 saturated heterocycles. The number of ether oxygens (including phenoxy) is 1. The van der Waals surface area contributed by atoms with Gasteiger partial charge in [0.1, 0.15) is 17.4 Å². The first-order valence-electron chi connectivity index (χ1n) is 4.50. The van der Waals surface area contributed by atoms with Crippen molar-refractivity contribution in [1.29, 1.82) is 5.26 Å². The van der Waals surface area contributed by atoms with Crippen molar-refractivity contribution >= 4 is 5.69 Å². The second-order valence-corrected chi connectivity index (χ2v) is 2.90. The summed E-state index contributed by atoms with van der Waals surface area (Å²) in [7, 11) is 0. The number of hydrogen-bond acceptors (Lipinski definition) is 4. The Kier molecular flexibility index (Phi) is 3.63. The smallest absolute Gasteiger partial charge is 0.271 e. The van der Waals surface area contributed by atoms with E-state index in [0.29, 0.717) is 12.4 Å². The normalized spacial score (nSPS) is 9.33. The van der Waals surface area contributed by atoms with Gasteiger partial charge in [0.2, 0.25) is 0 Å². The van der Waals surface area contributed by atoms with Crippen LogP contribution < -0.4 is 4.74 Å². The third kappa shape index (κ3) is 2.68. The molecule has 0 amide bonds. The molecule has 0 unspecified atom stereocenters. The lowest BCUT2D eigenvalue weighted by atomic mass is 10.2. The molecule has 5 heteroatoms. The van der Waals surface area contributed by atoms with Crippen molar-refractivity contribution in [2.75, 3.05) is 6.61 Å². The summed E-state index contributed by atoms with van der Waals surface area (Å²) in [5.74, 6) is 0.393. The minimum atomic E-state index is -0.537. The van der Waals surface area contributed by atoms with E-state index in [1.807, 2.05) is 13.0 Å². The predicted molar refractivity (Wildman–Crippen MR) is 53.6 cm³/mol. The molecule has 0 fully saturated rings. The molecule has 1 aromatic rings. The highest BCUT2D eigenvalue weighted by Gasteiger charge is 2.10. The first-order valence-corrected chi connectivity index (χ1v) is 4.50. The lowest BCUT2D eigenvalue weighted by molar-refractivity contribution is -0.384. The van der Waals surface area contributed by atoms with Crippen LogP contribution in [0.2, 0.25) is 0 Å². The van der Waals surface area contributed by atoms with Crippen LogP contribution >= 0.6 is 0 Å². The molecule has 0 saturated carbocycles. The molecular formula is C10H10N2O3. The van der Waals surface area contributed by atoms with Gasteiger partial charge in [-0.25, -0.2) is 0 Å². The van der Waals surface area contributed by atoms with Gasteiger partial charge in [0.15, 0.2) is 0 Å². The van der Waals surface area contributed by atoms with E-state index in [9.17, 15) is 10.1 Å². The molecule has 0 bridgehead atoms. The van der Waals surface area contributed by atoms with Crippen LogP contribution in [0.3, 0.4) is 0 Å². The summed E-state index contributed by atoms with van der Waals surface area (Å²) in [6.45, 7) is 2.43. The van der Waals surface area contributed by atoms with Crippen LogP contribution in [-0.4, -0.2) is 11.5 Å². The van der Waals surface area contributed by atoms with Crippen LogP contribution in [0.4, 0.5) is 5.69 Å². The quantitative estimate of drug-likeness (QED) is 0.559. The summed E-state index contributed by atoms with van der Waals surface area (Å²) in [6.07, 6.45) is 0.821. The highest BCUT2D eigenvalue weighted by molar-refractivity contribution is 5.50. The van der Waals surface area contributed by atoms with Crippen LogP contribution in [0, 0.1) is 21.4 Å². The van der Waals surface area contributed by atoms with Crippen LogP contribution in [-0.2, 0) is 0 Å². The Morgan fingerprint density at radius 3 is 2.87 bits per heavy atom. The summed E-state index contributed by atoms with van der Waals surface area (Å²) in [5, 5.41) is 19.2. The van der Waals surface area contributed by atoms with E-state index in [1.165, 1.54) is 18.2 Å². The van der Waals surface area contributed by atoms with E-state index in [0.717, 1.165) is 6.42 Å². The maximum atomic E-state index is 10.4. The number of nitro groups is 1. The Labute approximate surface area is 87.1 Å². The second-order valence-electron chi connectivity index (χ2n) is 2.90. The molecule has 78 valence electrons. The summed E-state index contributed by atoms with van der Waals surface area (Å²) < 4.78 is 5.27. The van der Waals surface area contributed by atoms with Gasteiger partial charge in [0.25, 0.3) is 5.69 Å². The van der Waals surface area contributed by atoms with Crippen LogP contribution in [0.1, 0.15) is 18.9 Å². The van der Waals surface area contributed by atoms with Crippen molar-refractivity contribution in [2.45, 2.75) is 13.3 Å². The first-order chi connectivity index (χ1) is 7.19. The first kappa shape index (κ1) is 11.0. The molecule has 1 aromatic carbocycles. The zero-order valence-electron chi connectivity index (χ0n) is 8.27. The van der Waals surface area contributed by atoms with Gasteiger partial charge in [-0.15, -0.1) is 0 Å². The van der Waals surface area contributed by atoms with Gasteiger partial charge in [0.05, 0.1) is 11.5 Å². The number of rotatable bonds is 4. The molecule has 0 spiro atoms. The van der Waals surface area contributed by atoms with Gasteiger partial charge in [-0.1, -0.05) is 6.92 Å². The van der Waals surface area contributed by atoms with Crippen molar-refractivity contribution in [2.24, 2.45) is 0 Å². The number of nitrogens with zero attached hydrogens (tertiary/aromatic N) is 2. The molecule has 5 nitrogen and oxygen atoms in total. The summed E-state index contributed by atoms with van der Waals surface area (Å²) in [5.41, 5.74) is 0.0908. The molecule has 0 radical (unpaired) electrons. The summed E-state index contributed by atoms with van der Waals surface area (Å²) >= 11 is 0. The fourth-order valence-corrected chi connectivity index (χ4v) is 1.06. The molecule has 0 N–H and O–H groups in total. The zero-order valence-corrected chi connectivity index (χ0v) is 8.27. The number of non-ortho nitro benzene ring substituents is 1. The average Bonchev–Trinajstić information content (AvgIpc) is 2.25. The number of benzene rings is 1. The van der Waals surface area contributed by atoms with E-state index < -0.39 is 4.92 Å². The number of nitro benzene ring substituents is 1. The van der Waals surface area contributed by atoms with Crippen molar-refractivity contribution in [3.8, 4) is 11.8 Å². The number of hydrogen-bond donors (Lipinski definition) is 0. The predicted octanol–water partition coefficient (Wildman–Crippen LogP) is 2.26. The van der Waals surface area contributed by atoms with Crippen LogP contribution in [0.5, 0.6) is 5.75 Å². The Morgan fingerprint density at radius 1 is 1.60 bits per heavy atom. The fourth-order valence-electron chi connectivity index (χ4n) is 1.06.